The number of aromatic nitrogens is 2. The minimum absolute atomic E-state index is 0.366. The van der Waals surface area contributed by atoms with Crippen molar-refractivity contribution in [1.82, 2.24) is 9.97 Å². The van der Waals surface area contributed by atoms with Gasteiger partial charge in [-0.05, 0) is 30.5 Å². The Bertz CT molecular complexity index is 605. The topological polar surface area (TPSA) is 49.8 Å². The number of rotatable bonds is 5. The van der Waals surface area contributed by atoms with Gasteiger partial charge in [-0.15, -0.1) is 11.3 Å². The van der Waals surface area contributed by atoms with Gasteiger partial charge in [0.25, 0.3) is 0 Å². The molecule has 0 saturated heterocycles. The number of anilines is 2. The molecule has 114 valence electrons. The molecule has 2 aromatic heterocycles. The third-order valence-electron chi connectivity index (χ3n) is 4.32. The van der Waals surface area contributed by atoms with E-state index < -0.39 is 0 Å². The fourth-order valence-corrected chi connectivity index (χ4v) is 4.67. The van der Waals surface area contributed by atoms with Crippen molar-refractivity contribution in [3.05, 3.63) is 11.4 Å². The second-order valence-electron chi connectivity index (χ2n) is 5.59. The monoisotopic (exact) mass is 322 g/mol. The Morgan fingerprint density at radius 2 is 2.10 bits per heavy atom. The lowest BCUT2D eigenvalue weighted by Gasteiger charge is -2.36. The van der Waals surface area contributed by atoms with E-state index in [0.29, 0.717) is 10.7 Å². The van der Waals surface area contributed by atoms with Crippen molar-refractivity contribution in [2.24, 2.45) is 0 Å². The van der Waals surface area contributed by atoms with Crippen LogP contribution in [-0.4, -0.2) is 34.6 Å². The SMILES string of the molecule is CNc1nc(NCC2(SC)CCCCC2)c2ccsc2n1. The quantitative estimate of drug-likeness (QED) is 0.863. The van der Waals surface area contributed by atoms with E-state index >= 15 is 0 Å². The Balaban J connectivity index is 1.82. The molecule has 3 rings (SSSR count). The number of hydrogen-bond acceptors (Lipinski definition) is 6. The van der Waals surface area contributed by atoms with Gasteiger partial charge in [-0.1, -0.05) is 19.3 Å². The number of thiophene rings is 1. The molecule has 1 aliphatic rings. The van der Waals surface area contributed by atoms with E-state index in [0.717, 1.165) is 22.6 Å². The van der Waals surface area contributed by atoms with Crippen LogP contribution in [-0.2, 0) is 0 Å². The minimum Gasteiger partial charge on any atom is -0.368 e. The minimum atomic E-state index is 0.366. The molecule has 0 aliphatic heterocycles. The first-order valence-electron chi connectivity index (χ1n) is 7.48. The van der Waals surface area contributed by atoms with Crippen molar-refractivity contribution in [2.75, 3.05) is 30.5 Å². The average molecular weight is 323 g/mol. The van der Waals surface area contributed by atoms with Gasteiger partial charge in [0.1, 0.15) is 10.6 Å². The average Bonchev–Trinajstić information content (AvgIpc) is 3.02. The van der Waals surface area contributed by atoms with Crippen molar-refractivity contribution in [1.29, 1.82) is 0 Å². The zero-order valence-corrected chi connectivity index (χ0v) is 14.2. The fourth-order valence-electron chi connectivity index (χ4n) is 3.00. The predicted molar refractivity (Wildman–Crippen MR) is 94.8 cm³/mol. The molecule has 0 bridgehead atoms. The lowest BCUT2D eigenvalue weighted by Crippen LogP contribution is -2.35. The summed E-state index contributed by atoms with van der Waals surface area (Å²) in [5.74, 6) is 1.65. The lowest BCUT2D eigenvalue weighted by molar-refractivity contribution is 0.411. The van der Waals surface area contributed by atoms with Crippen LogP contribution < -0.4 is 10.6 Å². The van der Waals surface area contributed by atoms with E-state index in [9.17, 15) is 0 Å². The molecule has 0 amide bonds. The molecule has 1 fully saturated rings. The van der Waals surface area contributed by atoms with Crippen LogP contribution >= 0.6 is 23.1 Å². The first-order valence-corrected chi connectivity index (χ1v) is 9.59. The molecular formula is C15H22N4S2. The van der Waals surface area contributed by atoms with Gasteiger partial charge in [0.15, 0.2) is 0 Å². The van der Waals surface area contributed by atoms with Crippen molar-refractivity contribution >= 4 is 45.1 Å². The fraction of sp³-hybridized carbons (Fsp3) is 0.600. The van der Waals surface area contributed by atoms with Crippen LogP contribution in [0.15, 0.2) is 11.4 Å². The van der Waals surface area contributed by atoms with Crippen LogP contribution in [0, 0.1) is 0 Å². The maximum Gasteiger partial charge on any atom is 0.225 e. The van der Waals surface area contributed by atoms with Gasteiger partial charge >= 0.3 is 0 Å². The summed E-state index contributed by atoms with van der Waals surface area (Å²) in [6, 6.07) is 2.11. The van der Waals surface area contributed by atoms with E-state index in [1.165, 1.54) is 32.1 Å². The van der Waals surface area contributed by atoms with Gasteiger partial charge in [-0.25, -0.2) is 4.98 Å². The molecule has 2 N–H and O–H groups in total. The van der Waals surface area contributed by atoms with Crippen LogP contribution in [0.1, 0.15) is 32.1 Å². The Kier molecular flexibility index (Phi) is 4.54. The van der Waals surface area contributed by atoms with Crippen molar-refractivity contribution in [2.45, 2.75) is 36.9 Å². The molecule has 1 aliphatic carbocycles. The molecule has 1 saturated carbocycles. The van der Waals surface area contributed by atoms with Crippen LogP contribution in [0.2, 0.25) is 0 Å². The molecule has 6 heteroatoms. The second kappa shape index (κ2) is 6.40. The molecule has 0 spiro atoms. The van der Waals surface area contributed by atoms with Crippen LogP contribution in [0.3, 0.4) is 0 Å². The summed E-state index contributed by atoms with van der Waals surface area (Å²) in [5, 5.41) is 9.86. The number of nitrogens with one attached hydrogen (secondary N) is 2. The third kappa shape index (κ3) is 3.11. The maximum atomic E-state index is 4.61. The van der Waals surface area contributed by atoms with Gasteiger partial charge in [0.2, 0.25) is 5.95 Å². The van der Waals surface area contributed by atoms with E-state index in [1.807, 2.05) is 18.8 Å². The van der Waals surface area contributed by atoms with Crippen molar-refractivity contribution in [3.8, 4) is 0 Å². The number of nitrogens with zero attached hydrogens (tertiary/aromatic N) is 2. The molecule has 21 heavy (non-hydrogen) atoms. The van der Waals surface area contributed by atoms with E-state index in [2.05, 4.69) is 38.3 Å². The summed E-state index contributed by atoms with van der Waals surface area (Å²) in [7, 11) is 1.86. The molecule has 0 aromatic carbocycles. The van der Waals surface area contributed by atoms with Crippen molar-refractivity contribution in [3.63, 3.8) is 0 Å². The molecule has 4 nitrogen and oxygen atoms in total. The Morgan fingerprint density at radius 1 is 1.29 bits per heavy atom. The summed E-state index contributed by atoms with van der Waals surface area (Å²) in [4.78, 5) is 10.1. The normalized spacial score (nSPS) is 17.8. The van der Waals surface area contributed by atoms with E-state index in [-0.39, 0.29) is 0 Å². The highest BCUT2D eigenvalue weighted by Gasteiger charge is 2.31. The predicted octanol–water partition coefficient (Wildman–Crippen LogP) is 4.21. The molecule has 0 atom stereocenters. The molecule has 2 heterocycles. The molecule has 2 aromatic rings. The van der Waals surface area contributed by atoms with Gasteiger partial charge < -0.3 is 10.6 Å². The first kappa shape index (κ1) is 14.9. The number of fused-ring (bicyclic) bond motifs is 1. The second-order valence-corrected chi connectivity index (χ2v) is 7.76. The van der Waals surface area contributed by atoms with Crippen LogP contribution in [0.4, 0.5) is 11.8 Å². The van der Waals surface area contributed by atoms with Crippen molar-refractivity contribution < 1.29 is 0 Å². The summed E-state index contributed by atoms with van der Waals surface area (Å²) >= 11 is 3.67. The molecular weight excluding hydrogens is 300 g/mol. The van der Waals surface area contributed by atoms with Gasteiger partial charge in [-0.2, -0.15) is 16.7 Å². The van der Waals surface area contributed by atoms with E-state index in [4.69, 9.17) is 0 Å². The number of hydrogen-bond donors (Lipinski definition) is 2. The highest BCUT2D eigenvalue weighted by molar-refractivity contribution is 8.00. The highest BCUT2D eigenvalue weighted by atomic mass is 32.2. The smallest absolute Gasteiger partial charge is 0.225 e. The lowest BCUT2D eigenvalue weighted by atomic mass is 9.88. The summed E-state index contributed by atoms with van der Waals surface area (Å²) in [5.41, 5.74) is 0. The van der Waals surface area contributed by atoms with Crippen LogP contribution in [0.5, 0.6) is 0 Å². The maximum absolute atomic E-state index is 4.61. The molecule has 0 radical (unpaired) electrons. The first-order chi connectivity index (χ1) is 10.3. The Labute approximate surface area is 134 Å². The summed E-state index contributed by atoms with van der Waals surface area (Å²) in [6.07, 6.45) is 8.93. The van der Waals surface area contributed by atoms with Gasteiger partial charge in [0, 0.05) is 18.3 Å². The highest BCUT2D eigenvalue weighted by Crippen LogP contribution is 2.39. The Hall–Kier alpha value is -1.01. The zero-order chi connectivity index (χ0) is 14.7. The summed E-state index contributed by atoms with van der Waals surface area (Å²) in [6.45, 7) is 0.985. The van der Waals surface area contributed by atoms with Crippen LogP contribution in [0.25, 0.3) is 10.2 Å². The zero-order valence-electron chi connectivity index (χ0n) is 12.6. The largest absolute Gasteiger partial charge is 0.368 e. The standard InChI is InChI=1S/C15H22N4S2/c1-16-14-18-12(11-6-9-21-13(11)19-14)17-10-15(20-2)7-4-3-5-8-15/h6,9H,3-5,7-8,10H2,1-2H3,(H2,16,17,18,19). The van der Waals surface area contributed by atoms with Gasteiger partial charge in [-0.3, -0.25) is 0 Å². The molecule has 0 unspecified atom stereocenters. The van der Waals surface area contributed by atoms with Gasteiger partial charge in [0.05, 0.1) is 5.39 Å². The summed E-state index contributed by atoms with van der Waals surface area (Å²) < 4.78 is 0.366. The number of thioether (sulfide) groups is 1. The van der Waals surface area contributed by atoms with E-state index in [1.54, 1.807) is 11.3 Å². The Morgan fingerprint density at radius 3 is 2.81 bits per heavy atom. The third-order valence-corrected chi connectivity index (χ3v) is 6.55.